The number of nitrogens with two attached hydrogens (primary N) is 1. The predicted molar refractivity (Wildman–Crippen MR) is 80.3 cm³/mol. The van der Waals surface area contributed by atoms with Crippen LogP contribution in [0.2, 0.25) is 0 Å². The number of aromatic nitrogens is 6. The lowest BCUT2D eigenvalue weighted by Gasteiger charge is -2.11. The Morgan fingerprint density at radius 2 is 2.35 bits per heavy atom. The lowest BCUT2D eigenvalue weighted by Crippen LogP contribution is -2.16. The van der Waals surface area contributed by atoms with Crippen molar-refractivity contribution in [2.75, 3.05) is 13.2 Å². The van der Waals surface area contributed by atoms with Crippen LogP contribution >= 0.6 is 0 Å². The van der Waals surface area contributed by atoms with E-state index in [0.717, 1.165) is 17.5 Å². The number of hydrogen-bond donors (Lipinski definition) is 2. The maximum absolute atomic E-state index is 11.2. The molecule has 0 radical (unpaired) electrons. The van der Waals surface area contributed by atoms with Gasteiger partial charge in [-0.15, -0.1) is 0 Å². The average molecular weight is 313 g/mol. The largest absolute Gasteiger partial charge is 0.379 e. The standard InChI is InChI=1S/C14H15N7O2/c15-11(22)6-12-16-14(21(19-12)8-4-5-23-7-8)9-2-1-3-10-13(9)18-20-17-10/h1-3,8H,4-7H2,(H2,15,22)(H,17,18,20). The Labute approximate surface area is 130 Å². The molecule has 9 nitrogen and oxygen atoms in total. The molecule has 9 heteroatoms. The molecule has 1 fully saturated rings. The Bertz CT molecular complexity index is 863. The van der Waals surface area contributed by atoms with Crippen molar-refractivity contribution in [3.63, 3.8) is 0 Å². The molecule has 0 spiro atoms. The van der Waals surface area contributed by atoms with Crippen molar-refractivity contribution in [2.24, 2.45) is 5.73 Å². The number of H-pyrrole nitrogens is 1. The summed E-state index contributed by atoms with van der Waals surface area (Å²) in [5, 5.41) is 15.4. The van der Waals surface area contributed by atoms with Gasteiger partial charge in [-0.1, -0.05) is 6.07 Å². The van der Waals surface area contributed by atoms with E-state index in [1.165, 1.54) is 0 Å². The van der Waals surface area contributed by atoms with Crippen molar-refractivity contribution in [3.8, 4) is 11.4 Å². The molecule has 3 heterocycles. The molecule has 1 aromatic carbocycles. The average Bonchev–Trinajstić information content (AvgIpc) is 3.26. The minimum absolute atomic E-state index is 0.00235. The number of nitrogens with zero attached hydrogens (tertiary/aromatic N) is 5. The van der Waals surface area contributed by atoms with Gasteiger partial charge in [0, 0.05) is 12.2 Å². The Balaban J connectivity index is 1.87. The van der Waals surface area contributed by atoms with Crippen LogP contribution in [-0.2, 0) is 16.0 Å². The third kappa shape index (κ3) is 2.44. The SMILES string of the molecule is NC(=O)Cc1nc(-c2cccc3n[nH]nc23)n(C2CCOC2)n1. The van der Waals surface area contributed by atoms with Crippen LogP contribution in [0, 0.1) is 0 Å². The van der Waals surface area contributed by atoms with Gasteiger partial charge in [0.25, 0.3) is 0 Å². The van der Waals surface area contributed by atoms with Crippen LogP contribution in [0.3, 0.4) is 0 Å². The van der Waals surface area contributed by atoms with Gasteiger partial charge in [0.05, 0.1) is 19.1 Å². The Morgan fingerprint density at radius 1 is 1.43 bits per heavy atom. The third-order valence-corrected chi connectivity index (χ3v) is 3.85. The monoisotopic (exact) mass is 313 g/mol. The van der Waals surface area contributed by atoms with Crippen LogP contribution in [-0.4, -0.2) is 49.3 Å². The zero-order valence-electron chi connectivity index (χ0n) is 12.3. The number of carbonyl (C=O) groups excluding carboxylic acids is 1. The van der Waals surface area contributed by atoms with E-state index in [4.69, 9.17) is 10.5 Å². The summed E-state index contributed by atoms with van der Waals surface area (Å²) in [6.07, 6.45) is 0.851. The maximum Gasteiger partial charge on any atom is 0.225 e. The second-order valence-corrected chi connectivity index (χ2v) is 5.45. The van der Waals surface area contributed by atoms with E-state index in [2.05, 4.69) is 25.5 Å². The number of para-hydroxylation sites is 1. The number of nitrogens with one attached hydrogen (secondary N) is 1. The summed E-state index contributed by atoms with van der Waals surface area (Å²) in [5.74, 6) is 0.590. The van der Waals surface area contributed by atoms with E-state index in [1.54, 1.807) is 0 Å². The molecule has 3 aromatic rings. The zero-order chi connectivity index (χ0) is 15.8. The molecular weight excluding hydrogens is 298 g/mol. The highest BCUT2D eigenvalue weighted by atomic mass is 16.5. The van der Waals surface area contributed by atoms with Gasteiger partial charge in [0.1, 0.15) is 11.0 Å². The molecule has 1 amide bonds. The number of rotatable bonds is 4. The predicted octanol–water partition coefficient (Wildman–Crippen LogP) is 0.206. The lowest BCUT2D eigenvalue weighted by atomic mass is 10.1. The van der Waals surface area contributed by atoms with Gasteiger partial charge in [-0.2, -0.15) is 20.5 Å². The molecule has 0 bridgehead atoms. The molecule has 1 saturated heterocycles. The highest BCUT2D eigenvalue weighted by Gasteiger charge is 2.25. The van der Waals surface area contributed by atoms with E-state index in [0.29, 0.717) is 30.4 Å². The highest BCUT2D eigenvalue weighted by Crippen LogP contribution is 2.29. The summed E-state index contributed by atoms with van der Waals surface area (Å²) >= 11 is 0. The molecule has 1 unspecified atom stereocenters. The molecule has 2 aromatic heterocycles. The number of aromatic amines is 1. The fourth-order valence-electron chi connectivity index (χ4n) is 2.80. The van der Waals surface area contributed by atoms with Crippen LogP contribution in [0.4, 0.5) is 0 Å². The molecule has 1 aliphatic heterocycles. The summed E-state index contributed by atoms with van der Waals surface area (Å²) in [6, 6.07) is 5.75. The van der Waals surface area contributed by atoms with E-state index < -0.39 is 5.91 Å². The fraction of sp³-hybridized carbons (Fsp3) is 0.357. The molecule has 1 atom stereocenters. The molecule has 23 heavy (non-hydrogen) atoms. The van der Waals surface area contributed by atoms with Crippen LogP contribution in [0.15, 0.2) is 18.2 Å². The second kappa shape index (κ2) is 5.43. The molecule has 3 N–H and O–H groups in total. The first-order chi connectivity index (χ1) is 11.2. The van der Waals surface area contributed by atoms with Crippen molar-refractivity contribution in [3.05, 3.63) is 24.0 Å². The summed E-state index contributed by atoms with van der Waals surface area (Å²) in [7, 11) is 0. The van der Waals surface area contributed by atoms with E-state index in [-0.39, 0.29) is 12.5 Å². The summed E-state index contributed by atoms with van der Waals surface area (Å²) < 4.78 is 7.27. The van der Waals surface area contributed by atoms with Crippen LogP contribution < -0.4 is 5.73 Å². The minimum atomic E-state index is -0.462. The maximum atomic E-state index is 11.2. The Hall–Kier alpha value is -2.81. The Kier molecular flexibility index (Phi) is 3.27. The number of amides is 1. The third-order valence-electron chi connectivity index (χ3n) is 3.85. The van der Waals surface area contributed by atoms with Crippen molar-refractivity contribution in [2.45, 2.75) is 18.9 Å². The van der Waals surface area contributed by atoms with Crippen LogP contribution in [0.5, 0.6) is 0 Å². The topological polar surface area (TPSA) is 125 Å². The smallest absolute Gasteiger partial charge is 0.225 e. The van der Waals surface area contributed by atoms with Gasteiger partial charge < -0.3 is 10.5 Å². The first kappa shape index (κ1) is 13.8. The normalized spacial score (nSPS) is 17.8. The molecule has 0 saturated carbocycles. The molecule has 118 valence electrons. The first-order valence-corrected chi connectivity index (χ1v) is 7.33. The van der Waals surface area contributed by atoms with Gasteiger partial charge in [0.15, 0.2) is 11.6 Å². The number of primary amides is 1. The quantitative estimate of drug-likeness (QED) is 0.709. The van der Waals surface area contributed by atoms with Crippen molar-refractivity contribution >= 4 is 16.9 Å². The Morgan fingerprint density at radius 3 is 3.13 bits per heavy atom. The minimum Gasteiger partial charge on any atom is -0.379 e. The van der Waals surface area contributed by atoms with E-state index in [9.17, 15) is 4.79 Å². The highest BCUT2D eigenvalue weighted by molar-refractivity contribution is 5.89. The number of hydrogen-bond acceptors (Lipinski definition) is 6. The van der Waals surface area contributed by atoms with Gasteiger partial charge in [-0.25, -0.2) is 9.67 Å². The van der Waals surface area contributed by atoms with Gasteiger partial charge in [-0.05, 0) is 18.6 Å². The number of ether oxygens (including phenoxy) is 1. The van der Waals surface area contributed by atoms with E-state index >= 15 is 0 Å². The molecular formula is C14H15N7O2. The lowest BCUT2D eigenvalue weighted by molar-refractivity contribution is -0.117. The van der Waals surface area contributed by atoms with Crippen molar-refractivity contribution in [1.29, 1.82) is 0 Å². The van der Waals surface area contributed by atoms with Crippen LogP contribution in [0.25, 0.3) is 22.4 Å². The van der Waals surface area contributed by atoms with Crippen molar-refractivity contribution in [1.82, 2.24) is 30.2 Å². The summed E-state index contributed by atoms with van der Waals surface area (Å²) in [5.41, 5.74) is 7.54. The van der Waals surface area contributed by atoms with E-state index in [1.807, 2.05) is 22.9 Å². The molecule has 1 aliphatic rings. The molecule has 0 aliphatic carbocycles. The second-order valence-electron chi connectivity index (χ2n) is 5.45. The number of benzene rings is 1. The fourth-order valence-corrected chi connectivity index (χ4v) is 2.80. The number of carbonyl (C=O) groups is 1. The summed E-state index contributed by atoms with van der Waals surface area (Å²) in [4.78, 5) is 15.7. The molecule has 4 rings (SSSR count). The summed E-state index contributed by atoms with van der Waals surface area (Å²) in [6.45, 7) is 1.25. The zero-order valence-corrected chi connectivity index (χ0v) is 12.3. The van der Waals surface area contributed by atoms with Gasteiger partial charge in [-0.3, -0.25) is 4.79 Å². The first-order valence-electron chi connectivity index (χ1n) is 7.33. The van der Waals surface area contributed by atoms with Gasteiger partial charge >= 0.3 is 0 Å². The van der Waals surface area contributed by atoms with Gasteiger partial charge in [0.2, 0.25) is 5.91 Å². The van der Waals surface area contributed by atoms with Crippen LogP contribution in [0.1, 0.15) is 18.3 Å². The van der Waals surface area contributed by atoms with Crippen molar-refractivity contribution < 1.29 is 9.53 Å². The number of fused-ring (bicyclic) bond motifs is 1.